The Hall–Kier alpha value is -4.07. The van der Waals surface area contributed by atoms with Crippen LogP contribution in [0.3, 0.4) is 0 Å². The molecule has 1 unspecified atom stereocenters. The van der Waals surface area contributed by atoms with Crippen molar-refractivity contribution in [3.63, 3.8) is 0 Å². The van der Waals surface area contributed by atoms with Crippen molar-refractivity contribution in [3.05, 3.63) is 83.8 Å². The number of amides is 2. The number of carbonyl (C=O) groups excluding carboxylic acids is 2. The van der Waals surface area contributed by atoms with Crippen molar-refractivity contribution in [1.29, 1.82) is 0 Å². The van der Waals surface area contributed by atoms with Crippen LogP contribution in [-0.4, -0.2) is 57.2 Å². The van der Waals surface area contributed by atoms with E-state index in [1.54, 1.807) is 9.80 Å². The standard InChI is InChI=1S/C31H36N4O4/c1-31(2,3)39-30(37)35-17-7-10-27(35)28-32-20-26(33-28)25-13-11-23(12-14-25)24-15-18-34(19-16-24)29(36)38-21-22-8-5-4-6-9-22/h4-6,8-9,11-15,20,27H,7,10,16-19,21H2,1-3H3,(H,32,33). The number of aromatic amines is 1. The van der Waals surface area contributed by atoms with Crippen LogP contribution < -0.4 is 0 Å². The van der Waals surface area contributed by atoms with Gasteiger partial charge in [-0.05, 0) is 62.3 Å². The molecule has 2 aliphatic rings. The number of nitrogens with one attached hydrogen (secondary N) is 1. The van der Waals surface area contributed by atoms with Gasteiger partial charge in [0.05, 0.1) is 17.9 Å². The maximum atomic E-state index is 12.7. The predicted octanol–water partition coefficient (Wildman–Crippen LogP) is 6.57. The zero-order valence-electron chi connectivity index (χ0n) is 22.9. The second kappa shape index (κ2) is 11.4. The van der Waals surface area contributed by atoms with E-state index >= 15 is 0 Å². The minimum atomic E-state index is -0.530. The number of hydrogen-bond acceptors (Lipinski definition) is 5. The lowest BCUT2D eigenvalue weighted by Crippen LogP contribution is -2.36. The van der Waals surface area contributed by atoms with Gasteiger partial charge in [-0.3, -0.25) is 4.90 Å². The van der Waals surface area contributed by atoms with Gasteiger partial charge in [-0.15, -0.1) is 0 Å². The number of benzene rings is 2. The van der Waals surface area contributed by atoms with Gasteiger partial charge in [0.1, 0.15) is 18.0 Å². The van der Waals surface area contributed by atoms with Crippen molar-refractivity contribution in [3.8, 4) is 11.3 Å². The van der Waals surface area contributed by atoms with Crippen LogP contribution in [-0.2, 0) is 16.1 Å². The summed E-state index contributed by atoms with van der Waals surface area (Å²) in [6.07, 6.45) is 5.90. The van der Waals surface area contributed by atoms with E-state index in [1.165, 1.54) is 5.57 Å². The van der Waals surface area contributed by atoms with E-state index in [9.17, 15) is 9.59 Å². The summed E-state index contributed by atoms with van der Waals surface area (Å²) in [5.41, 5.74) is 4.75. The van der Waals surface area contributed by atoms with Crippen molar-refractivity contribution in [2.75, 3.05) is 19.6 Å². The molecule has 8 heteroatoms. The van der Waals surface area contributed by atoms with E-state index in [2.05, 4.69) is 40.3 Å². The average molecular weight is 529 g/mol. The summed E-state index contributed by atoms with van der Waals surface area (Å²) in [4.78, 5) is 36.7. The van der Waals surface area contributed by atoms with Crippen LogP contribution in [0.4, 0.5) is 9.59 Å². The van der Waals surface area contributed by atoms with E-state index in [1.807, 2.05) is 57.3 Å². The number of carbonyl (C=O) groups is 2. The van der Waals surface area contributed by atoms with Crippen molar-refractivity contribution in [2.45, 2.75) is 58.3 Å². The van der Waals surface area contributed by atoms with E-state index < -0.39 is 5.60 Å². The first-order valence-electron chi connectivity index (χ1n) is 13.6. The molecule has 5 rings (SSSR count). The average Bonchev–Trinajstić information content (AvgIpc) is 3.62. The van der Waals surface area contributed by atoms with Crippen LogP contribution in [0.2, 0.25) is 0 Å². The van der Waals surface area contributed by atoms with Crippen LogP contribution in [0, 0.1) is 0 Å². The normalized spacial score (nSPS) is 17.6. The fraction of sp³-hybridized carbons (Fsp3) is 0.387. The lowest BCUT2D eigenvalue weighted by Gasteiger charge is -2.27. The lowest BCUT2D eigenvalue weighted by molar-refractivity contribution is 0.0218. The van der Waals surface area contributed by atoms with Gasteiger partial charge in [0.25, 0.3) is 0 Å². The van der Waals surface area contributed by atoms with E-state index in [-0.39, 0.29) is 24.8 Å². The minimum Gasteiger partial charge on any atom is -0.445 e. The number of likely N-dealkylation sites (tertiary alicyclic amines) is 1. The molecule has 1 fully saturated rings. The summed E-state index contributed by atoms with van der Waals surface area (Å²) < 4.78 is 11.1. The third-order valence-corrected chi connectivity index (χ3v) is 7.03. The largest absolute Gasteiger partial charge is 0.445 e. The van der Waals surface area contributed by atoms with Gasteiger partial charge in [-0.1, -0.05) is 60.7 Å². The number of imidazole rings is 1. The van der Waals surface area contributed by atoms with Crippen molar-refractivity contribution in [2.24, 2.45) is 0 Å². The molecule has 3 aromatic rings. The summed E-state index contributed by atoms with van der Waals surface area (Å²) in [6, 6.07) is 18.0. The Kier molecular flexibility index (Phi) is 7.72. The third kappa shape index (κ3) is 6.50. The number of H-pyrrole nitrogens is 1. The highest BCUT2D eigenvalue weighted by Gasteiger charge is 2.34. The molecule has 3 heterocycles. The van der Waals surface area contributed by atoms with Crippen LogP contribution in [0.5, 0.6) is 0 Å². The molecule has 0 bridgehead atoms. The summed E-state index contributed by atoms with van der Waals surface area (Å²) >= 11 is 0. The molecule has 1 atom stereocenters. The van der Waals surface area contributed by atoms with Crippen LogP contribution in [0.1, 0.15) is 63.0 Å². The SMILES string of the molecule is CC(C)(C)OC(=O)N1CCCC1c1ncc(-c2ccc(C3=CCN(C(=O)OCc4ccccc4)CC3)cc2)[nH]1. The molecule has 1 aromatic heterocycles. The third-order valence-electron chi connectivity index (χ3n) is 7.03. The maximum absolute atomic E-state index is 12.7. The number of aromatic nitrogens is 2. The Morgan fingerprint density at radius 1 is 1.00 bits per heavy atom. The van der Waals surface area contributed by atoms with Gasteiger partial charge >= 0.3 is 12.2 Å². The number of rotatable bonds is 5. The fourth-order valence-corrected chi connectivity index (χ4v) is 5.01. The molecular weight excluding hydrogens is 492 g/mol. The molecule has 0 radical (unpaired) electrons. The Balaban J connectivity index is 1.18. The van der Waals surface area contributed by atoms with Crippen LogP contribution in [0.25, 0.3) is 16.8 Å². The second-order valence-corrected chi connectivity index (χ2v) is 11.1. The van der Waals surface area contributed by atoms with Crippen molar-refractivity contribution < 1.29 is 19.1 Å². The van der Waals surface area contributed by atoms with E-state index in [0.29, 0.717) is 19.6 Å². The molecule has 8 nitrogen and oxygen atoms in total. The molecule has 1 saturated heterocycles. The molecule has 2 aromatic carbocycles. The fourth-order valence-electron chi connectivity index (χ4n) is 5.01. The Morgan fingerprint density at radius 3 is 2.44 bits per heavy atom. The first-order chi connectivity index (χ1) is 18.8. The first kappa shape index (κ1) is 26.5. The van der Waals surface area contributed by atoms with E-state index in [4.69, 9.17) is 9.47 Å². The Bertz CT molecular complexity index is 1320. The highest BCUT2D eigenvalue weighted by molar-refractivity contribution is 5.74. The quantitative estimate of drug-likeness (QED) is 0.404. The molecule has 2 amide bonds. The summed E-state index contributed by atoms with van der Waals surface area (Å²) in [5, 5.41) is 0. The molecule has 0 aliphatic carbocycles. The number of ether oxygens (including phenoxy) is 2. The highest BCUT2D eigenvalue weighted by atomic mass is 16.6. The number of nitrogens with zero attached hydrogens (tertiary/aromatic N) is 3. The topological polar surface area (TPSA) is 87.8 Å². The van der Waals surface area contributed by atoms with Crippen molar-refractivity contribution >= 4 is 17.8 Å². The van der Waals surface area contributed by atoms with E-state index in [0.717, 1.165) is 47.5 Å². The Morgan fingerprint density at radius 2 is 1.74 bits per heavy atom. The molecule has 0 saturated carbocycles. The number of hydrogen-bond donors (Lipinski definition) is 1. The predicted molar refractivity (Wildman–Crippen MR) is 150 cm³/mol. The summed E-state index contributed by atoms with van der Waals surface area (Å²) in [5.74, 6) is 0.784. The zero-order valence-corrected chi connectivity index (χ0v) is 22.9. The molecule has 1 N–H and O–H groups in total. The van der Waals surface area contributed by atoms with Gasteiger partial charge in [-0.2, -0.15) is 0 Å². The van der Waals surface area contributed by atoms with Crippen molar-refractivity contribution in [1.82, 2.24) is 19.8 Å². The smallest absolute Gasteiger partial charge is 0.410 e. The maximum Gasteiger partial charge on any atom is 0.410 e. The van der Waals surface area contributed by atoms with Gasteiger partial charge in [-0.25, -0.2) is 14.6 Å². The first-order valence-corrected chi connectivity index (χ1v) is 13.6. The van der Waals surface area contributed by atoms with Crippen LogP contribution >= 0.6 is 0 Å². The summed E-state index contributed by atoms with van der Waals surface area (Å²) in [7, 11) is 0. The minimum absolute atomic E-state index is 0.109. The van der Waals surface area contributed by atoms with Gasteiger partial charge in [0, 0.05) is 19.6 Å². The van der Waals surface area contributed by atoms with Gasteiger partial charge in [0.15, 0.2) is 0 Å². The highest BCUT2D eigenvalue weighted by Crippen LogP contribution is 2.33. The lowest BCUT2D eigenvalue weighted by atomic mass is 9.98. The monoisotopic (exact) mass is 528 g/mol. The molecule has 0 spiro atoms. The summed E-state index contributed by atoms with van der Waals surface area (Å²) in [6.45, 7) is 7.75. The van der Waals surface area contributed by atoms with Gasteiger partial charge < -0.3 is 19.4 Å². The Labute approximate surface area is 229 Å². The molecule has 2 aliphatic heterocycles. The van der Waals surface area contributed by atoms with Gasteiger partial charge in [0.2, 0.25) is 0 Å². The van der Waals surface area contributed by atoms with Crippen LogP contribution in [0.15, 0.2) is 66.9 Å². The zero-order chi connectivity index (χ0) is 27.4. The molecule has 39 heavy (non-hydrogen) atoms. The molecule has 204 valence electrons. The second-order valence-electron chi connectivity index (χ2n) is 11.1. The molecular formula is C31H36N4O4.